The van der Waals surface area contributed by atoms with E-state index in [4.69, 9.17) is 5.73 Å². The zero-order valence-electron chi connectivity index (χ0n) is 14.7. The lowest BCUT2D eigenvalue weighted by atomic mass is 10.1. The predicted molar refractivity (Wildman–Crippen MR) is 107 cm³/mol. The van der Waals surface area contributed by atoms with Crippen LogP contribution in [0.15, 0.2) is 29.3 Å². The lowest BCUT2D eigenvalue weighted by molar-refractivity contribution is -0.132. The fraction of sp³-hybridized carbons (Fsp3) is 0.438. The highest BCUT2D eigenvalue weighted by atomic mass is 127. The van der Waals surface area contributed by atoms with Crippen molar-refractivity contribution < 1.29 is 22.8 Å². The number of hydrogen-bond acceptors (Lipinski definition) is 3. The van der Waals surface area contributed by atoms with Gasteiger partial charge in [0.15, 0.2) is 5.96 Å². The van der Waals surface area contributed by atoms with E-state index in [0.29, 0.717) is 12.1 Å². The second-order valence-electron chi connectivity index (χ2n) is 5.33. The summed E-state index contributed by atoms with van der Waals surface area (Å²) in [6.07, 6.45) is -5.18. The summed E-state index contributed by atoms with van der Waals surface area (Å²) >= 11 is 0. The van der Waals surface area contributed by atoms with E-state index in [1.807, 2.05) is 0 Å². The minimum Gasteiger partial charge on any atom is -0.368 e. The van der Waals surface area contributed by atoms with Crippen LogP contribution in [0.5, 0.6) is 0 Å². The first-order valence-corrected chi connectivity index (χ1v) is 7.95. The van der Waals surface area contributed by atoms with E-state index in [-0.39, 0.29) is 49.6 Å². The molecular formula is C16H23F3IN5O2. The van der Waals surface area contributed by atoms with Crippen LogP contribution in [0.25, 0.3) is 0 Å². The third-order valence-electron chi connectivity index (χ3n) is 3.10. The molecule has 0 aliphatic heterocycles. The SMILES string of the molecule is CCNC(=NCc1ccc(C(=O)NCC(N)=O)cc1)NCCC(F)(F)F.I. The third kappa shape index (κ3) is 11.3. The van der Waals surface area contributed by atoms with Gasteiger partial charge in [0.05, 0.1) is 19.5 Å². The number of nitrogens with two attached hydrogens (primary N) is 1. The van der Waals surface area contributed by atoms with Crippen LogP contribution < -0.4 is 21.7 Å². The Labute approximate surface area is 172 Å². The molecule has 7 nitrogen and oxygen atoms in total. The van der Waals surface area contributed by atoms with Gasteiger partial charge >= 0.3 is 6.18 Å². The molecule has 1 aromatic rings. The predicted octanol–water partition coefficient (Wildman–Crippen LogP) is 1.53. The number of guanidine groups is 1. The number of benzene rings is 1. The van der Waals surface area contributed by atoms with E-state index in [9.17, 15) is 22.8 Å². The van der Waals surface area contributed by atoms with Crippen LogP contribution in [0.4, 0.5) is 13.2 Å². The molecule has 1 rings (SSSR count). The normalized spacial score (nSPS) is 11.3. The number of amides is 2. The second kappa shape index (κ2) is 12.4. The average Bonchev–Trinajstić information content (AvgIpc) is 2.57. The summed E-state index contributed by atoms with van der Waals surface area (Å²) in [6, 6.07) is 6.46. The molecule has 27 heavy (non-hydrogen) atoms. The van der Waals surface area contributed by atoms with Gasteiger partial charge in [0, 0.05) is 18.7 Å². The molecule has 0 bridgehead atoms. The highest BCUT2D eigenvalue weighted by molar-refractivity contribution is 14.0. The van der Waals surface area contributed by atoms with Gasteiger partial charge in [0.2, 0.25) is 5.91 Å². The molecule has 0 unspecified atom stereocenters. The van der Waals surface area contributed by atoms with Crippen molar-refractivity contribution in [3.8, 4) is 0 Å². The van der Waals surface area contributed by atoms with Crippen molar-refractivity contribution in [1.82, 2.24) is 16.0 Å². The maximum atomic E-state index is 12.2. The topological polar surface area (TPSA) is 109 Å². The fourth-order valence-electron chi connectivity index (χ4n) is 1.87. The number of carbonyl (C=O) groups excluding carboxylic acids is 2. The standard InChI is InChI=1S/C16H22F3N5O2.HI/c1-2-21-15(22-8-7-16(17,18)19)24-9-11-3-5-12(6-4-11)14(26)23-10-13(20)25;/h3-6H,2,7-10H2,1H3,(H2,20,25)(H,23,26)(H2,21,22,24);1H. The third-order valence-corrected chi connectivity index (χ3v) is 3.10. The van der Waals surface area contributed by atoms with Crippen LogP contribution in [0.2, 0.25) is 0 Å². The monoisotopic (exact) mass is 501 g/mol. The van der Waals surface area contributed by atoms with Crippen molar-refractivity contribution >= 4 is 41.8 Å². The first-order valence-electron chi connectivity index (χ1n) is 7.95. The summed E-state index contributed by atoms with van der Waals surface area (Å²) in [5.74, 6) is -0.792. The Kier molecular flexibility index (Phi) is 11.4. The Balaban J connectivity index is 0.00000676. The molecule has 0 aliphatic rings. The van der Waals surface area contributed by atoms with Crippen molar-refractivity contribution in [1.29, 1.82) is 0 Å². The molecule has 2 amide bonds. The molecule has 0 spiro atoms. The summed E-state index contributed by atoms with van der Waals surface area (Å²) < 4.78 is 36.6. The summed E-state index contributed by atoms with van der Waals surface area (Å²) in [5, 5.41) is 7.84. The molecule has 152 valence electrons. The first kappa shape index (κ1) is 24.9. The minimum absolute atomic E-state index is 0. The smallest absolute Gasteiger partial charge is 0.368 e. The summed E-state index contributed by atoms with van der Waals surface area (Å²) in [6.45, 7) is 2.02. The van der Waals surface area contributed by atoms with Gasteiger partial charge in [-0.1, -0.05) is 12.1 Å². The Morgan fingerprint density at radius 2 is 1.74 bits per heavy atom. The molecule has 0 aromatic heterocycles. The molecule has 11 heteroatoms. The highest BCUT2D eigenvalue weighted by Gasteiger charge is 2.26. The molecule has 0 fully saturated rings. The number of alkyl halides is 3. The van der Waals surface area contributed by atoms with E-state index in [1.54, 1.807) is 31.2 Å². The Morgan fingerprint density at radius 1 is 1.11 bits per heavy atom. The van der Waals surface area contributed by atoms with Crippen molar-refractivity contribution in [2.75, 3.05) is 19.6 Å². The van der Waals surface area contributed by atoms with E-state index in [1.165, 1.54) is 0 Å². The summed E-state index contributed by atoms with van der Waals surface area (Å²) in [4.78, 5) is 26.6. The minimum atomic E-state index is -4.23. The number of nitrogens with zero attached hydrogens (tertiary/aromatic N) is 1. The summed E-state index contributed by atoms with van der Waals surface area (Å²) in [7, 11) is 0. The quantitative estimate of drug-likeness (QED) is 0.246. The number of rotatable bonds is 8. The molecule has 0 heterocycles. The number of nitrogens with one attached hydrogen (secondary N) is 3. The van der Waals surface area contributed by atoms with Crippen molar-refractivity contribution in [2.24, 2.45) is 10.7 Å². The van der Waals surface area contributed by atoms with Gasteiger partial charge in [0.1, 0.15) is 0 Å². The van der Waals surface area contributed by atoms with E-state index in [0.717, 1.165) is 5.56 Å². The van der Waals surface area contributed by atoms with Gasteiger partial charge in [-0.3, -0.25) is 9.59 Å². The molecule has 0 saturated carbocycles. The summed E-state index contributed by atoms with van der Waals surface area (Å²) in [5.41, 5.74) is 6.07. The largest absolute Gasteiger partial charge is 0.390 e. The Morgan fingerprint density at radius 3 is 2.26 bits per heavy atom. The van der Waals surface area contributed by atoms with Gasteiger partial charge < -0.3 is 21.7 Å². The van der Waals surface area contributed by atoms with Crippen LogP contribution in [0.3, 0.4) is 0 Å². The van der Waals surface area contributed by atoms with Gasteiger partial charge in [-0.05, 0) is 24.6 Å². The number of aliphatic imine (C=N–C) groups is 1. The Bertz CT molecular complexity index is 636. The van der Waals surface area contributed by atoms with E-state index >= 15 is 0 Å². The van der Waals surface area contributed by atoms with Gasteiger partial charge in [-0.25, -0.2) is 4.99 Å². The zero-order valence-corrected chi connectivity index (χ0v) is 17.1. The van der Waals surface area contributed by atoms with Crippen LogP contribution in [0, 0.1) is 0 Å². The van der Waals surface area contributed by atoms with Crippen LogP contribution >= 0.6 is 24.0 Å². The van der Waals surface area contributed by atoms with E-state index in [2.05, 4.69) is 20.9 Å². The number of halogens is 4. The molecule has 1 aromatic carbocycles. The van der Waals surface area contributed by atoms with Crippen molar-refractivity contribution in [3.63, 3.8) is 0 Å². The lowest BCUT2D eigenvalue weighted by Crippen LogP contribution is -2.38. The van der Waals surface area contributed by atoms with Crippen molar-refractivity contribution in [2.45, 2.75) is 26.1 Å². The van der Waals surface area contributed by atoms with E-state index < -0.39 is 24.4 Å². The average molecular weight is 501 g/mol. The lowest BCUT2D eigenvalue weighted by Gasteiger charge is -2.12. The molecule has 0 saturated heterocycles. The van der Waals surface area contributed by atoms with Crippen LogP contribution in [0.1, 0.15) is 29.3 Å². The highest BCUT2D eigenvalue weighted by Crippen LogP contribution is 2.18. The van der Waals surface area contributed by atoms with Crippen LogP contribution in [-0.2, 0) is 11.3 Å². The first-order chi connectivity index (χ1) is 12.2. The molecule has 0 atom stereocenters. The second-order valence-corrected chi connectivity index (χ2v) is 5.33. The molecule has 5 N–H and O–H groups in total. The van der Waals surface area contributed by atoms with Gasteiger partial charge in [-0.15, -0.1) is 24.0 Å². The van der Waals surface area contributed by atoms with Crippen LogP contribution in [-0.4, -0.2) is 43.6 Å². The van der Waals surface area contributed by atoms with Gasteiger partial charge in [-0.2, -0.15) is 13.2 Å². The number of hydrogen-bond donors (Lipinski definition) is 4. The molecule has 0 radical (unpaired) electrons. The molecule has 0 aliphatic carbocycles. The Hall–Kier alpha value is -2.05. The molecular weight excluding hydrogens is 478 g/mol. The number of carbonyl (C=O) groups is 2. The maximum Gasteiger partial charge on any atom is 0.390 e. The zero-order chi connectivity index (χ0) is 19.6. The number of primary amides is 1. The van der Waals surface area contributed by atoms with Gasteiger partial charge in [0.25, 0.3) is 5.91 Å². The maximum absolute atomic E-state index is 12.2. The van der Waals surface area contributed by atoms with Crippen molar-refractivity contribution in [3.05, 3.63) is 35.4 Å². The fourth-order valence-corrected chi connectivity index (χ4v) is 1.87.